The molecule has 2 rings (SSSR count). The lowest BCUT2D eigenvalue weighted by Gasteiger charge is -2.27. The molecule has 1 aliphatic rings. The number of ether oxygens (including phenoxy) is 1. The van der Waals surface area contributed by atoms with E-state index in [0.29, 0.717) is 26.2 Å². The van der Waals surface area contributed by atoms with Gasteiger partial charge >= 0.3 is 0 Å². The number of nitro groups is 1. The second-order valence-corrected chi connectivity index (χ2v) is 6.15. The predicted molar refractivity (Wildman–Crippen MR) is 78.5 cm³/mol. The zero-order valence-corrected chi connectivity index (χ0v) is 12.9. The number of rotatable bonds is 4. The van der Waals surface area contributed by atoms with Crippen LogP contribution in [0.25, 0.3) is 0 Å². The van der Waals surface area contributed by atoms with Crippen molar-refractivity contribution in [2.24, 2.45) is 0 Å². The highest BCUT2D eigenvalue weighted by molar-refractivity contribution is 7.89. The van der Waals surface area contributed by atoms with Gasteiger partial charge in [0, 0.05) is 32.2 Å². The van der Waals surface area contributed by atoms with Gasteiger partial charge in [0.2, 0.25) is 10.0 Å². The van der Waals surface area contributed by atoms with E-state index in [1.165, 1.54) is 17.5 Å². The summed E-state index contributed by atoms with van der Waals surface area (Å²) >= 11 is 0. The molecule has 0 aliphatic carbocycles. The molecule has 8 nitrogen and oxygen atoms in total. The largest absolute Gasteiger partial charge is 0.495 e. The molecular weight excluding hydrogens is 322 g/mol. The summed E-state index contributed by atoms with van der Waals surface area (Å²) in [5.74, 6) is -0.0160. The Kier molecular flexibility index (Phi) is 5.90. The van der Waals surface area contributed by atoms with Gasteiger partial charge in [-0.05, 0) is 6.07 Å². The molecule has 1 aliphatic heterocycles. The molecule has 118 valence electrons. The van der Waals surface area contributed by atoms with Crippen LogP contribution in [0.5, 0.6) is 5.75 Å². The maximum absolute atomic E-state index is 12.5. The highest BCUT2D eigenvalue weighted by Gasteiger charge is 2.29. The molecule has 0 bridgehead atoms. The number of nitro benzene ring substituents is 1. The lowest BCUT2D eigenvalue weighted by atomic mass is 10.3. The molecule has 1 N–H and O–H groups in total. The van der Waals surface area contributed by atoms with Crippen molar-refractivity contribution in [3.8, 4) is 5.75 Å². The first-order chi connectivity index (χ1) is 9.46. The zero-order valence-electron chi connectivity index (χ0n) is 11.3. The first kappa shape index (κ1) is 17.6. The molecule has 21 heavy (non-hydrogen) atoms. The van der Waals surface area contributed by atoms with Crippen molar-refractivity contribution < 1.29 is 18.1 Å². The Morgan fingerprint density at radius 2 is 1.95 bits per heavy atom. The number of benzene rings is 1. The van der Waals surface area contributed by atoms with Crippen molar-refractivity contribution in [3.63, 3.8) is 0 Å². The minimum absolute atomic E-state index is 0. The average Bonchev–Trinajstić information content (AvgIpc) is 2.47. The number of nitrogens with zero attached hydrogens (tertiary/aromatic N) is 2. The topological polar surface area (TPSA) is 102 Å². The van der Waals surface area contributed by atoms with Crippen LogP contribution in [-0.4, -0.2) is 50.9 Å². The minimum atomic E-state index is -3.70. The maximum Gasteiger partial charge on any atom is 0.273 e. The van der Waals surface area contributed by atoms with Gasteiger partial charge in [-0.2, -0.15) is 4.31 Å². The Bertz CT molecular complexity index is 616. The van der Waals surface area contributed by atoms with Crippen LogP contribution in [-0.2, 0) is 10.0 Å². The highest BCUT2D eigenvalue weighted by Crippen LogP contribution is 2.30. The van der Waals surface area contributed by atoms with E-state index in [0.717, 1.165) is 12.1 Å². The first-order valence-corrected chi connectivity index (χ1v) is 7.44. The Balaban J connectivity index is 0.00000220. The summed E-state index contributed by atoms with van der Waals surface area (Å²) in [6, 6.07) is 3.50. The molecule has 1 heterocycles. The van der Waals surface area contributed by atoms with Crippen LogP contribution < -0.4 is 10.1 Å². The SMILES string of the molecule is COc1cc([N+](=O)[O-])ccc1S(=O)(=O)N1CCNCC1.Cl. The summed E-state index contributed by atoms with van der Waals surface area (Å²) in [6.07, 6.45) is 0. The third kappa shape index (κ3) is 3.62. The number of hydrogen-bond donors (Lipinski definition) is 1. The summed E-state index contributed by atoms with van der Waals surface area (Å²) in [7, 11) is -2.41. The quantitative estimate of drug-likeness (QED) is 0.638. The van der Waals surface area contributed by atoms with Crippen molar-refractivity contribution in [1.29, 1.82) is 0 Å². The number of halogens is 1. The molecule has 0 radical (unpaired) electrons. The summed E-state index contributed by atoms with van der Waals surface area (Å²) < 4.78 is 31.3. The Morgan fingerprint density at radius 1 is 1.33 bits per heavy atom. The summed E-state index contributed by atoms with van der Waals surface area (Å²) in [5, 5.41) is 13.8. The summed E-state index contributed by atoms with van der Waals surface area (Å²) in [6.45, 7) is 1.88. The molecule has 1 aromatic carbocycles. The van der Waals surface area contributed by atoms with Crippen molar-refractivity contribution in [2.75, 3.05) is 33.3 Å². The van der Waals surface area contributed by atoms with Gasteiger partial charge in [0.15, 0.2) is 0 Å². The number of sulfonamides is 1. The number of methoxy groups -OCH3 is 1. The van der Waals surface area contributed by atoms with Gasteiger partial charge in [-0.1, -0.05) is 0 Å². The number of hydrogen-bond acceptors (Lipinski definition) is 6. The van der Waals surface area contributed by atoms with Gasteiger partial charge in [-0.3, -0.25) is 10.1 Å². The maximum atomic E-state index is 12.5. The van der Waals surface area contributed by atoms with E-state index < -0.39 is 14.9 Å². The van der Waals surface area contributed by atoms with Crippen molar-refractivity contribution in [1.82, 2.24) is 9.62 Å². The highest BCUT2D eigenvalue weighted by atomic mass is 35.5. The Morgan fingerprint density at radius 3 is 2.48 bits per heavy atom. The van der Waals surface area contributed by atoms with Crippen LogP contribution in [0, 0.1) is 10.1 Å². The Hall–Kier alpha value is -1.42. The molecular formula is C11H16ClN3O5S. The van der Waals surface area contributed by atoms with Gasteiger partial charge in [0.25, 0.3) is 5.69 Å². The summed E-state index contributed by atoms with van der Waals surface area (Å²) in [5.41, 5.74) is -0.207. The van der Waals surface area contributed by atoms with E-state index in [9.17, 15) is 18.5 Å². The molecule has 0 unspecified atom stereocenters. The van der Waals surface area contributed by atoms with E-state index in [1.54, 1.807) is 0 Å². The normalized spacial score (nSPS) is 16.0. The van der Waals surface area contributed by atoms with Gasteiger partial charge in [0.1, 0.15) is 10.6 Å². The predicted octanol–water partition coefficient (Wildman–Crippen LogP) is 0.619. The number of piperazine rings is 1. The van der Waals surface area contributed by atoms with E-state index in [2.05, 4.69) is 5.32 Å². The lowest BCUT2D eigenvalue weighted by molar-refractivity contribution is -0.385. The third-order valence-electron chi connectivity index (χ3n) is 3.05. The lowest BCUT2D eigenvalue weighted by Crippen LogP contribution is -2.46. The van der Waals surface area contributed by atoms with E-state index in [1.807, 2.05) is 0 Å². The fourth-order valence-electron chi connectivity index (χ4n) is 2.01. The minimum Gasteiger partial charge on any atom is -0.495 e. The van der Waals surface area contributed by atoms with Crippen LogP contribution in [0.15, 0.2) is 23.1 Å². The van der Waals surface area contributed by atoms with Gasteiger partial charge in [-0.25, -0.2) is 8.42 Å². The van der Waals surface area contributed by atoms with Gasteiger partial charge in [0.05, 0.1) is 18.1 Å². The first-order valence-electron chi connectivity index (χ1n) is 6.00. The van der Waals surface area contributed by atoms with Crippen LogP contribution in [0.2, 0.25) is 0 Å². The molecule has 0 aromatic heterocycles. The molecule has 1 saturated heterocycles. The molecule has 1 aromatic rings. The molecule has 1 fully saturated rings. The smallest absolute Gasteiger partial charge is 0.273 e. The zero-order chi connectivity index (χ0) is 14.8. The average molecular weight is 338 g/mol. The standard InChI is InChI=1S/C11H15N3O5S.ClH/c1-19-10-8-9(14(15)16)2-3-11(10)20(17,18)13-6-4-12-5-7-13;/h2-3,8,12H,4-7H2,1H3;1H. The number of non-ortho nitro benzene ring substituents is 1. The van der Waals surface area contributed by atoms with Crippen LogP contribution in [0.1, 0.15) is 0 Å². The van der Waals surface area contributed by atoms with Crippen molar-refractivity contribution >= 4 is 28.1 Å². The second-order valence-electron chi connectivity index (χ2n) is 4.25. The molecule has 0 atom stereocenters. The van der Waals surface area contributed by atoms with Gasteiger partial charge < -0.3 is 10.1 Å². The third-order valence-corrected chi connectivity index (χ3v) is 4.99. The fraction of sp³-hybridized carbons (Fsp3) is 0.455. The fourth-order valence-corrected chi connectivity index (χ4v) is 3.58. The van der Waals surface area contributed by atoms with Gasteiger partial charge in [-0.15, -0.1) is 12.4 Å². The van der Waals surface area contributed by atoms with E-state index in [-0.39, 0.29) is 28.7 Å². The van der Waals surface area contributed by atoms with Crippen molar-refractivity contribution in [2.45, 2.75) is 4.90 Å². The monoisotopic (exact) mass is 337 g/mol. The van der Waals surface area contributed by atoms with Crippen LogP contribution >= 0.6 is 12.4 Å². The Labute approximate surface area is 128 Å². The second kappa shape index (κ2) is 7.03. The van der Waals surface area contributed by atoms with Crippen LogP contribution in [0.3, 0.4) is 0 Å². The van der Waals surface area contributed by atoms with Crippen molar-refractivity contribution in [3.05, 3.63) is 28.3 Å². The molecule has 0 saturated carbocycles. The molecule has 0 spiro atoms. The number of nitrogens with one attached hydrogen (secondary N) is 1. The summed E-state index contributed by atoms with van der Waals surface area (Å²) in [4.78, 5) is 10.1. The molecule has 0 amide bonds. The molecule has 10 heteroatoms. The van der Waals surface area contributed by atoms with E-state index in [4.69, 9.17) is 4.74 Å². The van der Waals surface area contributed by atoms with Crippen LogP contribution in [0.4, 0.5) is 5.69 Å². The van der Waals surface area contributed by atoms with E-state index >= 15 is 0 Å².